The lowest BCUT2D eigenvalue weighted by Gasteiger charge is -2.22. The second-order valence-corrected chi connectivity index (χ2v) is 5.18. The van der Waals surface area contributed by atoms with E-state index in [1.165, 1.54) is 11.0 Å². The number of nitrogens with two attached hydrogens (primary N) is 1. The summed E-state index contributed by atoms with van der Waals surface area (Å²) in [4.78, 5) is 13.4. The Morgan fingerprint density at radius 2 is 1.90 bits per heavy atom. The molecule has 3 nitrogen and oxygen atoms in total. The van der Waals surface area contributed by atoms with Gasteiger partial charge in [0.25, 0.3) is 0 Å². The number of likely N-dealkylation sites (N-methyl/N-ethyl adjacent to an activating group) is 1. The van der Waals surface area contributed by atoms with Crippen molar-refractivity contribution in [3.05, 3.63) is 35.4 Å². The van der Waals surface area contributed by atoms with Gasteiger partial charge in [0.15, 0.2) is 11.6 Å². The Bertz CT molecular complexity index is 455. The molecule has 0 fully saturated rings. The van der Waals surface area contributed by atoms with Crippen LogP contribution in [-0.2, 0) is 11.3 Å². The van der Waals surface area contributed by atoms with Crippen molar-refractivity contribution in [2.75, 3.05) is 7.05 Å². The molecule has 0 unspecified atom stereocenters. The van der Waals surface area contributed by atoms with Crippen LogP contribution in [0.3, 0.4) is 0 Å². The minimum Gasteiger partial charge on any atom is -0.340 e. The van der Waals surface area contributed by atoms with E-state index < -0.39 is 17.7 Å². The van der Waals surface area contributed by atoms with Crippen LogP contribution in [0.5, 0.6) is 0 Å². The van der Waals surface area contributed by atoms with Gasteiger partial charge < -0.3 is 10.6 Å². The number of benzene rings is 1. The lowest BCUT2D eigenvalue weighted by molar-refractivity contribution is -0.132. The SMILES string of the molecule is CC(C)C[C@H](N)C(=O)N(C)Cc1ccc(F)c(F)c1.Cl. The van der Waals surface area contributed by atoms with Crippen LogP contribution in [0.25, 0.3) is 0 Å². The monoisotopic (exact) mass is 306 g/mol. The van der Waals surface area contributed by atoms with Gasteiger partial charge >= 0.3 is 0 Å². The van der Waals surface area contributed by atoms with Crippen molar-refractivity contribution < 1.29 is 13.6 Å². The summed E-state index contributed by atoms with van der Waals surface area (Å²) >= 11 is 0. The molecule has 0 saturated heterocycles. The molecule has 1 amide bonds. The first-order valence-corrected chi connectivity index (χ1v) is 6.25. The van der Waals surface area contributed by atoms with Crippen LogP contribution in [0.2, 0.25) is 0 Å². The van der Waals surface area contributed by atoms with Gasteiger partial charge in [0.1, 0.15) is 0 Å². The molecular weight excluding hydrogens is 286 g/mol. The number of hydrogen-bond donors (Lipinski definition) is 1. The molecule has 6 heteroatoms. The van der Waals surface area contributed by atoms with E-state index in [1.54, 1.807) is 7.05 Å². The van der Waals surface area contributed by atoms with E-state index in [0.29, 0.717) is 17.9 Å². The number of rotatable bonds is 5. The first-order chi connectivity index (χ1) is 8.81. The van der Waals surface area contributed by atoms with Crippen LogP contribution < -0.4 is 5.73 Å². The van der Waals surface area contributed by atoms with Gasteiger partial charge in [-0.15, -0.1) is 12.4 Å². The van der Waals surface area contributed by atoms with Crippen molar-refractivity contribution in [3.63, 3.8) is 0 Å². The maximum Gasteiger partial charge on any atom is 0.239 e. The predicted molar refractivity (Wildman–Crippen MR) is 77.5 cm³/mol. The van der Waals surface area contributed by atoms with E-state index in [2.05, 4.69) is 0 Å². The van der Waals surface area contributed by atoms with Crippen LogP contribution >= 0.6 is 12.4 Å². The van der Waals surface area contributed by atoms with Crippen molar-refractivity contribution in [3.8, 4) is 0 Å². The van der Waals surface area contributed by atoms with Crippen LogP contribution in [0, 0.1) is 17.6 Å². The van der Waals surface area contributed by atoms with Gasteiger partial charge in [-0.1, -0.05) is 19.9 Å². The van der Waals surface area contributed by atoms with Crippen LogP contribution in [0.4, 0.5) is 8.78 Å². The fourth-order valence-electron chi connectivity index (χ4n) is 1.88. The van der Waals surface area contributed by atoms with Crippen LogP contribution in [0.1, 0.15) is 25.8 Å². The summed E-state index contributed by atoms with van der Waals surface area (Å²) in [6.07, 6.45) is 0.598. The van der Waals surface area contributed by atoms with E-state index in [-0.39, 0.29) is 24.9 Å². The Labute approximate surface area is 124 Å². The lowest BCUT2D eigenvalue weighted by atomic mass is 10.0. The smallest absolute Gasteiger partial charge is 0.239 e. The fraction of sp³-hybridized carbons (Fsp3) is 0.500. The third kappa shape index (κ3) is 5.43. The molecule has 0 aliphatic heterocycles. The van der Waals surface area contributed by atoms with Crippen molar-refractivity contribution in [2.45, 2.75) is 32.9 Å². The fourth-order valence-corrected chi connectivity index (χ4v) is 1.88. The highest BCUT2D eigenvalue weighted by atomic mass is 35.5. The van der Waals surface area contributed by atoms with Gasteiger partial charge in [0, 0.05) is 13.6 Å². The third-order valence-corrected chi connectivity index (χ3v) is 2.82. The zero-order valence-corrected chi connectivity index (χ0v) is 12.7. The average molecular weight is 307 g/mol. The second-order valence-electron chi connectivity index (χ2n) is 5.18. The molecular formula is C14H21ClF2N2O. The van der Waals surface area contributed by atoms with Crippen molar-refractivity contribution in [1.82, 2.24) is 4.90 Å². The third-order valence-electron chi connectivity index (χ3n) is 2.82. The molecule has 1 aromatic rings. The molecule has 114 valence electrons. The summed E-state index contributed by atoms with van der Waals surface area (Å²) < 4.78 is 25.8. The summed E-state index contributed by atoms with van der Waals surface area (Å²) in [5.74, 6) is -1.67. The molecule has 0 aromatic heterocycles. The summed E-state index contributed by atoms with van der Waals surface area (Å²) in [6.45, 7) is 4.19. The summed E-state index contributed by atoms with van der Waals surface area (Å²) in [5.41, 5.74) is 6.34. The molecule has 0 aliphatic rings. The van der Waals surface area contributed by atoms with Crippen molar-refractivity contribution in [2.24, 2.45) is 11.7 Å². The minimum atomic E-state index is -0.912. The molecule has 0 bridgehead atoms. The van der Waals surface area contributed by atoms with E-state index >= 15 is 0 Å². The Morgan fingerprint density at radius 1 is 1.30 bits per heavy atom. The summed E-state index contributed by atoms with van der Waals surface area (Å²) in [7, 11) is 1.60. The zero-order chi connectivity index (χ0) is 14.6. The zero-order valence-electron chi connectivity index (χ0n) is 11.9. The van der Waals surface area contributed by atoms with Crippen molar-refractivity contribution in [1.29, 1.82) is 0 Å². The van der Waals surface area contributed by atoms with E-state index in [9.17, 15) is 13.6 Å². The normalized spacial score (nSPS) is 11.9. The predicted octanol–water partition coefficient (Wildman–Crippen LogP) is 2.72. The van der Waals surface area contributed by atoms with Crippen molar-refractivity contribution >= 4 is 18.3 Å². The van der Waals surface area contributed by atoms with Gasteiger partial charge in [-0.05, 0) is 30.0 Å². The molecule has 1 aromatic carbocycles. The summed E-state index contributed by atoms with van der Waals surface area (Å²) in [5, 5.41) is 0. The number of carbonyl (C=O) groups excluding carboxylic acids is 1. The quantitative estimate of drug-likeness (QED) is 0.909. The highest BCUT2D eigenvalue weighted by molar-refractivity contribution is 5.85. The highest BCUT2D eigenvalue weighted by Crippen LogP contribution is 2.12. The van der Waals surface area contributed by atoms with Gasteiger partial charge in [-0.3, -0.25) is 4.79 Å². The molecule has 0 radical (unpaired) electrons. The lowest BCUT2D eigenvalue weighted by Crippen LogP contribution is -2.42. The van der Waals surface area contributed by atoms with E-state index in [1.807, 2.05) is 13.8 Å². The maximum atomic E-state index is 13.1. The Hall–Kier alpha value is -1.20. The summed E-state index contributed by atoms with van der Waals surface area (Å²) in [6, 6.07) is 3.04. The molecule has 1 rings (SSSR count). The van der Waals surface area contributed by atoms with E-state index in [4.69, 9.17) is 5.73 Å². The molecule has 0 saturated carbocycles. The molecule has 0 spiro atoms. The Morgan fingerprint density at radius 3 is 2.40 bits per heavy atom. The number of nitrogens with zero attached hydrogens (tertiary/aromatic N) is 1. The first kappa shape index (κ1) is 18.8. The van der Waals surface area contributed by atoms with Gasteiger partial charge in [-0.25, -0.2) is 8.78 Å². The highest BCUT2D eigenvalue weighted by Gasteiger charge is 2.19. The maximum absolute atomic E-state index is 13.1. The van der Waals surface area contributed by atoms with Gasteiger partial charge in [0.2, 0.25) is 5.91 Å². The topological polar surface area (TPSA) is 46.3 Å². The van der Waals surface area contributed by atoms with Gasteiger partial charge in [-0.2, -0.15) is 0 Å². The standard InChI is InChI=1S/C14H20F2N2O.ClH/c1-9(2)6-13(17)14(19)18(3)8-10-4-5-11(15)12(16)7-10;/h4-5,7,9,13H,6,8,17H2,1-3H3;1H/t13-;/m0./s1. The van der Waals surface area contributed by atoms with Crippen LogP contribution in [-0.4, -0.2) is 23.9 Å². The number of carbonyl (C=O) groups is 1. The molecule has 0 heterocycles. The number of hydrogen-bond acceptors (Lipinski definition) is 2. The largest absolute Gasteiger partial charge is 0.340 e. The molecule has 0 aliphatic carbocycles. The van der Waals surface area contributed by atoms with Crippen LogP contribution in [0.15, 0.2) is 18.2 Å². The minimum absolute atomic E-state index is 0. The molecule has 1 atom stereocenters. The number of halogens is 3. The Kier molecular flexibility index (Phi) is 7.68. The van der Waals surface area contributed by atoms with Gasteiger partial charge in [0.05, 0.1) is 6.04 Å². The average Bonchev–Trinajstić information content (AvgIpc) is 2.32. The van der Waals surface area contributed by atoms with E-state index in [0.717, 1.165) is 12.1 Å². The molecule has 20 heavy (non-hydrogen) atoms. The first-order valence-electron chi connectivity index (χ1n) is 6.25. The molecule has 2 N–H and O–H groups in total. The number of amides is 1. The Balaban J connectivity index is 0.00000361. The second kappa shape index (κ2) is 8.17.